The number of rotatable bonds is 1. The molecule has 0 spiro atoms. The lowest BCUT2D eigenvalue weighted by Crippen LogP contribution is -2.34. The molecule has 0 unspecified atom stereocenters. The molecule has 0 aromatic rings. The fraction of sp³-hybridized carbons (Fsp3) is 0.833. The van der Waals surface area contributed by atoms with Gasteiger partial charge < -0.3 is 0 Å². The molecule has 2 rings (SSSR count). The Morgan fingerprint density at radius 3 is 2.25 bits per heavy atom. The van der Waals surface area contributed by atoms with Crippen molar-refractivity contribution >= 4 is 11.1 Å². The van der Waals surface area contributed by atoms with E-state index < -0.39 is 0 Å². The Morgan fingerprint density at radius 2 is 2.12 bits per heavy atom. The molecule has 2 aliphatic rings. The van der Waals surface area contributed by atoms with E-state index in [9.17, 15) is 0 Å². The molecule has 2 aliphatic heterocycles. The molecule has 0 atom stereocenters. The largest absolute Gasteiger partial charge is 0.265 e. The van der Waals surface area contributed by atoms with E-state index in [-0.39, 0.29) is 0 Å². The summed E-state index contributed by atoms with van der Waals surface area (Å²) in [4.78, 5) is 0. The van der Waals surface area contributed by atoms with Gasteiger partial charge in [-0.1, -0.05) is 0 Å². The fourth-order valence-corrected chi connectivity index (χ4v) is 2.92. The van der Waals surface area contributed by atoms with Crippen molar-refractivity contribution in [2.45, 2.75) is 12.8 Å². The molecule has 0 bridgehead atoms. The highest BCUT2D eigenvalue weighted by molar-refractivity contribution is 8.16. The van der Waals surface area contributed by atoms with Gasteiger partial charge in [0.2, 0.25) is 0 Å². The lowest BCUT2D eigenvalue weighted by Gasteiger charge is -2.45. The second-order valence-electron chi connectivity index (χ2n) is 2.44. The summed E-state index contributed by atoms with van der Waals surface area (Å²) >= 11 is 0.405. The zero-order valence-electron chi connectivity index (χ0n) is 5.01. The van der Waals surface area contributed by atoms with E-state index in [2.05, 4.69) is 10.8 Å². The van der Waals surface area contributed by atoms with Crippen molar-refractivity contribution < 1.29 is 0 Å². The maximum atomic E-state index is 2.55. The monoisotopic (exact) mass is 130 g/mol. The van der Waals surface area contributed by atoms with Crippen LogP contribution in [0.4, 0.5) is 0 Å². The standard InChI is InChI=1S/C6H12NS/c1-3-7(4-1)8-5-2-6-8/h3,8H,1-2,4-6H2. The predicted octanol–water partition coefficient (Wildman–Crippen LogP) is 1.17. The van der Waals surface area contributed by atoms with Gasteiger partial charge in [-0.2, -0.15) is 11.1 Å². The van der Waals surface area contributed by atoms with Crippen LogP contribution >= 0.6 is 11.1 Å². The van der Waals surface area contributed by atoms with Crippen LogP contribution in [-0.4, -0.2) is 22.4 Å². The van der Waals surface area contributed by atoms with E-state index in [4.69, 9.17) is 0 Å². The zero-order valence-corrected chi connectivity index (χ0v) is 5.90. The summed E-state index contributed by atoms with van der Waals surface area (Å²) in [5, 5.41) is 0. The summed E-state index contributed by atoms with van der Waals surface area (Å²) in [6.45, 7) is 3.73. The van der Waals surface area contributed by atoms with Gasteiger partial charge in [0.25, 0.3) is 0 Å². The van der Waals surface area contributed by atoms with Crippen LogP contribution in [0.3, 0.4) is 0 Å². The quantitative estimate of drug-likeness (QED) is 0.522. The van der Waals surface area contributed by atoms with E-state index in [0.717, 1.165) is 0 Å². The molecule has 0 aromatic carbocycles. The van der Waals surface area contributed by atoms with Crippen LogP contribution in [0.2, 0.25) is 0 Å². The Balaban J connectivity index is 1.79. The second kappa shape index (κ2) is 1.92. The summed E-state index contributed by atoms with van der Waals surface area (Å²) in [6, 6.07) is 0. The van der Waals surface area contributed by atoms with Crippen LogP contribution in [0.25, 0.3) is 0 Å². The van der Waals surface area contributed by atoms with Gasteiger partial charge in [0.05, 0.1) is 0 Å². The highest BCUT2D eigenvalue weighted by atomic mass is 32.2. The Morgan fingerprint density at radius 1 is 1.38 bits per heavy atom. The Bertz CT molecular complexity index is 74.5. The van der Waals surface area contributed by atoms with Crippen molar-refractivity contribution in [3.8, 4) is 0 Å². The summed E-state index contributed by atoms with van der Waals surface area (Å²) in [5.41, 5.74) is 0. The maximum absolute atomic E-state index is 2.55. The molecule has 0 N–H and O–H groups in total. The van der Waals surface area contributed by atoms with Gasteiger partial charge in [-0.25, -0.2) is 0 Å². The molecule has 0 aliphatic carbocycles. The first kappa shape index (κ1) is 5.12. The number of thiol groups is 1. The normalized spacial score (nSPS) is 33.8. The van der Waals surface area contributed by atoms with Gasteiger partial charge in [-0.3, -0.25) is 4.31 Å². The highest BCUT2D eigenvalue weighted by Gasteiger charge is 2.25. The number of hydrogen-bond donors (Lipinski definition) is 1. The molecule has 8 heavy (non-hydrogen) atoms. The fourth-order valence-electron chi connectivity index (χ4n) is 1.06. The van der Waals surface area contributed by atoms with Crippen LogP contribution < -0.4 is 0 Å². The summed E-state index contributed by atoms with van der Waals surface area (Å²) < 4.78 is 2.55. The Hall–Kier alpha value is 0.310. The van der Waals surface area contributed by atoms with Gasteiger partial charge in [0, 0.05) is 13.1 Å². The Labute approximate surface area is 53.5 Å². The van der Waals surface area contributed by atoms with E-state index in [1.165, 1.54) is 30.9 Å². The average molecular weight is 130 g/mol. The van der Waals surface area contributed by atoms with Crippen molar-refractivity contribution in [1.29, 1.82) is 0 Å². The van der Waals surface area contributed by atoms with E-state index in [0.29, 0.717) is 11.1 Å². The van der Waals surface area contributed by atoms with E-state index >= 15 is 0 Å². The SMILES string of the molecule is [CH]1CCN1[SH]1CCC1. The molecule has 0 saturated carbocycles. The van der Waals surface area contributed by atoms with E-state index in [1.807, 2.05) is 0 Å². The van der Waals surface area contributed by atoms with Crippen molar-refractivity contribution in [3.05, 3.63) is 6.54 Å². The molecule has 47 valence electrons. The van der Waals surface area contributed by atoms with Gasteiger partial charge in [-0.15, -0.1) is 0 Å². The smallest absolute Gasteiger partial charge is 0.0362 e. The minimum Gasteiger partial charge on any atom is -0.265 e. The first-order valence-corrected chi connectivity index (χ1v) is 4.98. The number of nitrogens with zero attached hydrogens (tertiary/aromatic N) is 1. The predicted molar refractivity (Wildman–Crippen MR) is 39.0 cm³/mol. The second-order valence-corrected chi connectivity index (χ2v) is 4.86. The van der Waals surface area contributed by atoms with Crippen LogP contribution in [-0.2, 0) is 0 Å². The molecule has 2 heterocycles. The first-order chi connectivity index (χ1) is 3.97. The van der Waals surface area contributed by atoms with E-state index in [1.54, 1.807) is 0 Å². The van der Waals surface area contributed by atoms with Crippen molar-refractivity contribution in [2.24, 2.45) is 0 Å². The van der Waals surface area contributed by atoms with Gasteiger partial charge >= 0.3 is 0 Å². The zero-order chi connectivity index (χ0) is 5.40. The van der Waals surface area contributed by atoms with Gasteiger partial charge in [-0.05, 0) is 24.3 Å². The maximum Gasteiger partial charge on any atom is 0.0362 e. The van der Waals surface area contributed by atoms with Crippen molar-refractivity contribution in [3.63, 3.8) is 0 Å². The molecule has 2 heteroatoms. The molecular weight excluding hydrogens is 118 g/mol. The Kier molecular flexibility index (Phi) is 1.23. The average Bonchev–Trinajstić information content (AvgIpc) is 1.47. The topological polar surface area (TPSA) is 3.24 Å². The minimum absolute atomic E-state index is 0.405. The molecule has 1 nitrogen and oxygen atoms in total. The first-order valence-electron chi connectivity index (χ1n) is 3.32. The third-order valence-corrected chi connectivity index (χ3v) is 4.65. The van der Waals surface area contributed by atoms with Crippen molar-refractivity contribution in [2.75, 3.05) is 18.1 Å². The molecule has 2 fully saturated rings. The summed E-state index contributed by atoms with van der Waals surface area (Å²) in [5.74, 6) is 3.04. The van der Waals surface area contributed by atoms with Crippen LogP contribution in [0.5, 0.6) is 0 Å². The molecule has 0 amide bonds. The lowest BCUT2D eigenvalue weighted by molar-refractivity contribution is 0.416. The molecule has 0 aromatic heterocycles. The summed E-state index contributed by atoms with van der Waals surface area (Å²) in [6.07, 6.45) is 2.84. The van der Waals surface area contributed by atoms with Crippen molar-refractivity contribution in [1.82, 2.24) is 4.31 Å². The van der Waals surface area contributed by atoms with Gasteiger partial charge in [0.15, 0.2) is 0 Å². The lowest BCUT2D eigenvalue weighted by atomic mass is 10.3. The van der Waals surface area contributed by atoms with Crippen LogP contribution in [0.1, 0.15) is 12.8 Å². The molecular formula is C6H12NS. The van der Waals surface area contributed by atoms with Crippen LogP contribution in [0.15, 0.2) is 0 Å². The summed E-state index contributed by atoms with van der Waals surface area (Å²) in [7, 11) is 0. The highest BCUT2D eigenvalue weighted by Crippen LogP contribution is 2.44. The third kappa shape index (κ3) is 0.669. The molecule has 1 radical (unpaired) electrons. The van der Waals surface area contributed by atoms with Crippen LogP contribution in [0, 0.1) is 6.54 Å². The third-order valence-electron chi connectivity index (χ3n) is 1.89. The van der Waals surface area contributed by atoms with Gasteiger partial charge in [0.1, 0.15) is 0 Å². The molecule has 2 saturated heterocycles. The number of hydrogen-bond acceptors (Lipinski definition) is 1. The minimum atomic E-state index is 0.405.